The van der Waals surface area contributed by atoms with Gasteiger partial charge in [-0.3, -0.25) is 0 Å². The lowest BCUT2D eigenvalue weighted by Crippen LogP contribution is -2.38. The smallest absolute Gasteiger partial charge is 0.255 e. The molecular weight excluding hydrogens is 278 g/mol. The lowest BCUT2D eigenvalue weighted by atomic mass is 9.99. The van der Waals surface area contributed by atoms with Gasteiger partial charge in [-0.2, -0.15) is 19.6 Å². The molecule has 108 valence electrons. The molecule has 1 fully saturated rings. The van der Waals surface area contributed by atoms with E-state index >= 15 is 0 Å². The van der Waals surface area contributed by atoms with Gasteiger partial charge in [0.15, 0.2) is 0 Å². The minimum absolute atomic E-state index is 0.495. The van der Waals surface area contributed by atoms with Crippen LogP contribution in [0.5, 0.6) is 0 Å². The number of hydrogen-bond acceptors (Lipinski definition) is 5. The molecule has 1 aliphatic heterocycles. The van der Waals surface area contributed by atoms with Crippen molar-refractivity contribution >= 4 is 23.2 Å². The zero-order valence-electron chi connectivity index (χ0n) is 11.7. The third-order valence-electron chi connectivity index (χ3n) is 3.79. The van der Waals surface area contributed by atoms with Crippen molar-refractivity contribution in [3.05, 3.63) is 17.0 Å². The summed E-state index contributed by atoms with van der Waals surface area (Å²) in [4.78, 5) is 10.7. The van der Waals surface area contributed by atoms with Crippen LogP contribution in [0.3, 0.4) is 0 Å². The van der Waals surface area contributed by atoms with E-state index in [-0.39, 0.29) is 0 Å². The first kappa shape index (κ1) is 13.6. The van der Waals surface area contributed by atoms with Crippen LogP contribution in [-0.2, 0) is 4.74 Å². The summed E-state index contributed by atoms with van der Waals surface area (Å²) in [6.07, 6.45) is 3.85. The van der Waals surface area contributed by atoms with Gasteiger partial charge in [0, 0.05) is 25.8 Å². The Balaban J connectivity index is 2.00. The predicted molar refractivity (Wildman–Crippen MR) is 77.3 cm³/mol. The molecule has 7 heteroatoms. The number of piperidine rings is 1. The molecule has 2 aromatic heterocycles. The molecule has 2 aromatic rings. The molecule has 0 aliphatic carbocycles. The molecule has 0 amide bonds. The molecule has 1 aliphatic rings. The van der Waals surface area contributed by atoms with E-state index in [4.69, 9.17) is 16.3 Å². The Morgan fingerprint density at radius 1 is 1.50 bits per heavy atom. The highest BCUT2D eigenvalue weighted by molar-refractivity contribution is 6.30. The van der Waals surface area contributed by atoms with Gasteiger partial charge in [-0.15, -0.1) is 0 Å². The van der Waals surface area contributed by atoms with E-state index < -0.39 is 0 Å². The number of rotatable bonds is 3. The van der Waals surface area contributed by atoms with E-state index in [0.29, 0.717) is 16.8 Å². The number of hydrogen-bond donors (Lipinski definition) is 0. The Morgan fingerprint density at radius 2 is 2.35 bits per heavy atom. The Bertz CT molecular complexity index is 612. The number of nitrogens with zero attached hydrogens (tertiary/aromatic N) is 5. The van der Waals surface area contributed by atoms with Gasteiger partial charge in [-0.1, -0.05) is 11.6 Å². The van der Waals surface area contributed by atoms with E-state index in [9.17, 15) is 0 Å². The summed E-state index contributed by atoms with van der Waals surface area (Å²) < 4.78 is 7.07. The van der Waals surface area contributed by atoms with Crippen LogP contribution in [-0.4, -0.2) is 46.4 Å². The molecule has 1 atom stereocenters. The fraction of sp³-hybridized carbons (Fsp3) is 0.615. The summed E-state index contributed by atoms with van der Waals surface area (Å²) in [5.41, 5.74) is 0.947. The zero-order chi connectivity index (χ0) is 14.1. The number of aromatic nitrogens is 4. The summed E-state index contributed by atoms with van der Waals surface area (Å²) in [5, 5.41) is 4.77. The summed E-state index contributed by atoms with van der Waals surface area (Å²) in [7, 11) is 1.75. The highest BCUT2D eigenvalue weighted by Gasteiger charge is 2.24. The molecule has 1 unspecified atom stereocenters. The first-order valence-electron chi connectivity index (χ1n) is 6.80. The normalized spacial score (nSPS) is 19.8. The third-order valence-corrected chi connectivity index (χ3v) is 4.16. The minimum atomic E-state index is 0.495. The topological polar surface area (TPSA) is 55.5 Å². The van der Waals surface area contributed by atoms with E-state index in [1.165, 1.54) is 12.7 Å². The van der Waals surface area contributed by atoms with Gasteiger partial charge < -0.3 is 9.64 Å². The van der Waals surface area contributed by atoms with Crippen molar-refractivity contribution in [3.8, 4) is 0 Å². The van der Waals surface area contributed by atoms with Crippen LogP contribution in [0.2, 0.25) is 5.15 Å². The Morgan fingerprint density at radius 3 is 3.15 bits per heavy atom. The molecule has 6 nitrogen and oxygen atoms in total. The maximum atomic E-state index is 6.22. The Hall–Kier alpha value is -1.40. The van der Waals surface area contributed by atoms with E-state index in [0.717, 1.165) is 37.5 Å². The average molecular weight is 296 g/mol. The third kappa shape index (κ3) is 2.33. The van der Waals surface area contributed by atoms with Crippen molar-refractivity contribution in [1.29, 1.82) is 0 Å². The number of halogens is 1. The molecule has 3 rings (SSSR count). The van der Waals surface area contributed by atoms with Gasteiger partial charge in [0.25, 0.3) is 5.78 Å². The molecule has 0 radical (unpaired) electrons. The lowest BCUT2D eigenvalue weighted by Gasteiger charge is -2.34. The van der Waals surface area contributed by atoms with Crippen molar-refractivity contribution in [2.75, 3.05) is 31.7 Å². The van der Waals surface area contributed by atoms with E-state index in [1.807, 2.05) is 6.92 Å². The van der Waals surface area contributed by atoms with E-state index in [1.54, 1.807) is 11.6 Å². The number of fused-ring (bicyclic) bond motifs is 1. The molecule has 0 bridgehead atoms. The fourth-order valence-electron chi connectivity index (χ4n) is 2.88. The second-order valence-electron chi connectivity index (χ2n) is 5.23. The second-order valence-corrected chi connectivity index (χ2v) is 5.59. The molecular formula is C13H18ClN5O. The van der Waals surface area contributed by atoms with Gasteiger partial charge in [0.1, 0.15) is 17.3 Å². The second kappa shape index (κ2) is 5.54. The minimum Gasteiger partial charge on any atom is -0.384 e. The van der Waals surface area contributed by atoms with Crippen LogP contribution in [0.15, 0.2) is 6.33 Å². The highest BCUT2D eigenvalue weighted by Crippen LogP contribution is 2.29. The Labute approximate surface area is 122 Å². The van der Waals surface area contributed by atoms with Crippen LogP contribution in [0.25, 0.3) is 5.78 Å². The number of methoxy groups -OCH3 is 1. The van der Waals surface area contributed by atoms with Gasteiger partial charge in [0.05, 0.1) is 6.61 Å². The molecule has 20 heavy (non-hydrogen) atoms. The van der Waals surface area contributed by atoms with Crippen molar-refractivity contribution < 1.29 is 4.74 Å². The molecule has 0 aromatic carbocycles. The molecule has 3 heterocycles. The van der Waals surface area contributed by atoms with Gasteiger partial charge in [0.2, 0.25) is 0 Å². The first-order valence-corrected chi connectivity index (χ1v) is 7.18. The maximum absolute atomic E-state index is 6.22. The van der Waals surface area contributed by atoms with Gasteiger partial charge in [-0.25, -0.2) is 0 Å². The number of ether oxygens (including phenoxy) is 1. The predicted octanol–water partition coefficient (Wildman–Crippen LogP) is 1.95. The maximum Gasteiger partial charge on any atom is 0.255 e. The van der Waals surface area contributed by atoms with Gasteiger partial charge in [-0.05, 0) is 25.7 Å². The summed E-state index contributed by atoms with van der Waals surface area (Å²) in [6.45, 7) is 4.71. The summed E-state index contributed by atoms with van der Waals surface area (Å²) >= 11 is 6.22. The number of anilines is 1. The molecule has 1 saturated heterocycles. The molecule has 0 saturated carbocycles. The molecule has 0 N–H and O–H groups in total. The lowest BCUT2D eigenvalue weighted by molar-refractivity contribution is 0.143. The Kier molecular flexibility index (Phi) is 3.76. The molecule has 0 spiro atoms. The van der Waals surface area contributed by atoms with E-state index in [2.05, 4.69) is 20.0 Å². The fourth-order valence-corrected chi connectivity index (χ4v) is 3.04. The quantitative estimate of drug-likeness (QED) is 0.810. The van der Waals surface area contributed by atoms with Crippen LogP contribution in [0.4, 0.5) is 5.82 Å². The summed E-state index contributed by atoms with van der Waals surface area (Å²) in [6, 6.07) is 0. The first-order chi connectivity index (χ1) is 9.70. The van der Waals surface area contributed by atoms with Crippen molar-refractivity contribution in [2.45, 2.75) is 19.8 Å². The average Bonchev–Trinajstić information content (AvgIpc) is 2.88. The largest absolute Gasteiger partial charge is 0.384 e. The van der Waals surface area contributed by atoms with Crippen LogP contribution >= 0.6 is 11.6 Å². The van der Waals surface area contributed by atoms with Crippen molar-refractivity contribution in [3.63, 3.8) is 0 Å². The van der Waals surface area contributed by atoms with Crippen LogP contribution in [0, 0.1) is 12.8 Å². The zero-order valence-corrected chi connectivity index (χ0v) is 12.5. The monoisotopic (exact) mass is 295 g/mol. The standard InChI is InChI=1S/C13H18ClN5O/c1-9-11(14)17-13-15-8-16-19(13)12(9)18-5-3-4-10(6-18)7-20-2/h8,10H,3-7H2,1-2H3. The van der Waals surface area contributed by atoms with Crippen molar-refractivity contribution in [1.82, 2.24) is 19.6 Å². The van der Waals surface area contributed by atoms with Crippen molar-refractivity contribution in [2.24, 2.45) is 5.92 Å². The van der Waals surface area contributed by atoms with Crippen LogP contribution in [0.1, 0.15) is 18.4 Å². The van der Waals surface area contributed by atoms with Gasteiger partial charge >= 0.3 is 0 Å². The SMILES string of the molecule is COCC1CCCN(c2c(C)c(Cl)nc3ncnn23)C1. The highest BCUT2D eigenvalue weighted by atomic mass is 35.5. The summed E-state index contributed by atoms with van der Waals surface area (Å²) in [5.74, 6) is 2.08. The van der Waals surface area contributed by atoms with Crippen LogP contribution < -0.4 is 4.90 Å².